The molecule has 0 unspecified atom stereocenters. The summed E-state index contributed by atoms with van der Waals surface area (Å²) in [6, 6.07) is 9.65. The molecule has 1 aromatic carbocycles. The Balaban J connectivity index is 2.56. The van der Waals surface area contributed by atoms with Gasteiger partial charge in [-0.05, 0) is 11.5 Å². The maximum atomic E-state index is 11.9. The van der Waals surface area contributed by atoms with Gasteiger partial charge in [0.1, 0.15) is 0 Å². The molecule has 4 heteroatoms. The van der Waals surface area contributed by atoms with Crippen LogP contribution in [0.5, 0.6) is 0 Å². The number of nitrogens with one attached hydrogen (secondary N) is 1. The lowest BCUT2D eigenvalue weighted by atomic mass is 10.2. The topological polar surface area (TPSA) is 52.6 Å². The smallest absolute Gasteiger partial charge is 0.317 e. The minimum Gasteiger partial charge on any atom is -0.395 e. The van der Waals surface area contributed by atoms with Crippen molar-refractivity contribution in [3.8, 4) is 0 Å². The highest BCUT2D eigenvalue weighted by Gasteiger charge is 2.13. The molecule has 0 saturated heterocycles. The number of nitrogens with zero attached hydrogens (tertiary/aromatic N) is 1. The minimum absolute atomic E-state index is 0.0259. The molecule has 0 aromatic heterocycles. The zero-order valence-electron chi connectivity index (χ0n) is 11.1. The second-order valence-corrected chi connectivity index (χ2v) is 4.71. The van der Waals surface area contributed by atoms with Crippen molar-refractivity contribution < 1.29 is 9.90 Å². The summed E-state index contributed by atoms with van der Waals surface area (Å²) in [5.41, 5.74) is 1.06. The number of urea groups is 1. The van der Waals surface area contributed by atoms with Crippen molar-refractivity contribution in [3.05, 3.63) is 35.9 Å². The van der Waals surface area contributed by atoms with E-state index in [-0.39, 0.29) is 12.6 Å². The highest BCUT2D eigenvalue weighted by Crippen LogP contribution is 2.04. The standard InChI is InChI=1S/C14H22N2O2/c1-12(2)10-15-14(18)16(8-9-17)11-13-6-4-3-5-7-13/h3-7,12,17H,8-11H2,1-2H3,(H,15,18). The molecule has 100 valence electrons. The molecular formula is C14H22N2O2. The molecule has 2 N–H and O–H groups in total. The number of carbonyl (C=O) groups is 1. The predicted molar refractivity (Wildman–Crippen MR) is 72.2 cm³/mol. The fourth-order valence-corrected chi connectivity index (χ4v) is 1.58. The van der Waals surface area contributed by atoms with Gasteiger partial charge in [0.25, 0.3) is 0 Å². The average Bonchev–Trinajstić information content (AvgIpc) is 2.36. The van der Waals surface area contributed by atoms with Crippen LogP contribution in [0.25, 0.3) is 0 Å². The molecule has 0 saturated carbocycles. The zero-order chi connectivity index (χ0) is 13.4. The Bertz CT molecular complexity index is 352. The third-order valence-corrected chi connectivity index (χ3v) is 2.53. The molecule has 1 aromatic rings. The van der Waals surface area contributed by atoms with Crippen LogP contribution in [0.1, 0.15) is 19.4 Å². The normalized spacial score (nSPS) is 10.4. The molecule has 1 rings (SSSR count). The van der Waals surface area contributed by atoms with E-state index in [1.54, 1.807) is 4.90 Å². The molecule has 0 fully saturated rings. The zero-order valence-corrected chi connectivity index (χ0v) is 11.1. The summed E-state index contributed by atoms with van der Waals surface area (Å²) in [6.07, 6.45) is 0. The highest BCUT2D eigenvalue weighted by molar-refractivity contribution is 5.74. The highest BCUT2D eigenvalue weighted by atomic mass is 16.3. The quantitative estimate of drug-likeness (QED) is 0.809. The summed E-state index contributed by atoms with van der Waals surface area (Å²) in [5, 5.41) is 11.9. The molecule has 0 aliphatic rings. The van der Waals surface area contributed by atoms with Gasteiger partial charge in [-0.3, -0.25) is 0 Å². The van der Waals surface area contributed by atoms with Gasteiger partial charge in [-0.15, -0.1) is 0 Å². The van der Waals surface area contributed by atoms with Crippen LogP contribution < -0.4 is 5.32 Å². The molecule has 18 heavy (non-hydrogen) atoms. The lowest BCUT2D eigenvalue weighted by Crippen LogP contribution is -2.42. The molecule has 0 aliphatic heterocycles. The Hall–Kier alpha value is -1.55. The number of benzene rings is 1. The van der Waals surface area contributed by atoms with Gasteiger partial charge in [-0.25, -0.2) is 4.79 Å². The molecule has 2 amide bonds. The van der Waals surface area contributed by atoms with Crippen molar-refractivity contribution in [3.63, 3.8) is 0 Å². The van der Waals surface area contributed by atoms with E-state index in [2.05, 4.69) is 5.32 Å². The number of hydrogen-bond donors (Lipinski definition) is 2. The molecule has 0 spiro atoms. The average molecular weight is 250 g/mol. The van der Waals surface area contributed by atoms with Gasteiger partial charge in [-0.1, -0.05) is 44.2 Å². The number of carbonyl (C=O) groups excluding carboxylic acids is 1. The molecular weight excluding hydrogens is 228 g/mol. The van der Waals surface area contributed by atoms with Crippen LogP contribution in [-0.4, -0.2) is 35.7 Å². The molecule has 0 bridgehead atoms. The van der Waals surface area contributed by atoms with E-state index in [1.165, 1.54) is 0 Å². The van der Waals surface area contributed by atoms with Crippen LogP contribution in [0.3, 0.4) is 0 Å². The molecule has 4 nitrogen and oxygen atoms in total. The van der Waals surface area contributed by atoms with Crippen molar-refractivity contribution in [2.45, 2.75) is 20.4 Å². The van der Waals surface area contributed by atoms with Crippen molar-refractivity contribution in [2.75, 3.05) is 19.7 Å². The summed E-state index contributed by atoms with van der Waals surface area (Å²) >= 11 is 0. The van der Waals surface area contributed by atoms with Crippen LogP contribution in [0.15, 0.2) is 30.3 Å². The number of amides is 2. The maximum absolute atomic E-state index is 11.9. The third-order valence-electron chi connectivity index (χ3n) is 2.53. The van der Waals surface area contributed by atoms with Gasteiger partial charge in [0.05, 0.1) is 6.61 Å². The van der Waals surface area contributed by atoms with Gasteiger partial charge in [-0.2, -0.15) is 0 Å². The fraction of sp³-hybridized carbons (Fsp3) is 0.500. The van der Waals surface area contributed by atoms with Gasteiger partial charge in [0.2, 0.25) is 0 Å². The summed E-state index contributed by atoms with van der Waals surface area (Å²) < 4.78 is 0. The first-order valence-corrected chi connectivity index (χ1v) is 6.31. The second-order valence-electron chi connectivity index (χ2n) is 4.71. The van der Waals surface area contributed by atoms with E-state index in [0.29, 0.717) is 25.6 Å². The number of hydrogen-bond acceptors (Lipinski definition) is 2. The van der Waals surface area contributed by atoms with Crippen LogP contribution in [0.4, 0.5) is 4.79 Å². The Morgan fingerprint density at radius 1 is 1.33 bits per heavy atom. The van der Waals surface area contributed by atoms with Gasteiger partial charge in [0, 0.05) is 19.6 Å². The monoisotopic (exact) mass is 250 g/mol. The third kappa shape index (κ3) is 5.19. The van der Waals surface area contributed by atoms with E-state index in [1.807, 2.05) is 44.2 Å². The lowest BCUT2D eigenvalue weighted by Gasteiger charge is -2.23. The Kier molecular flexibility index (Phi) is 6.22. The lowest BCUT2D eigenvalue weighted by molar-refractivity contribution is 0.173. The van der Waals surface area contributed by atoms with Crippen molar-refractivity contribution in [1.82, 2.24) is 10.2 Å². The molecule has 0 aliphatic carbocycles. The van der Waals surface area contributed by atoms with Crippen LogP contribution in [0.2, 0.25) is 0 Å². The predicted octanol–water partition coefficient (Wildman–Crippen LogP) is 1.85. The van der Waals surface area contributed by atoms with Crippen LogP contribution in [-0.2, 0) is 6.54 Å². The van der Waals surface area contributed by atoms with E-state index >= 15 is 0 Å². The summed E-state index contributed by atoms with van der Waals surface area (Å²) in [7, 11) is 0. The van der Waals surface area contributed by atoms with E-state index in [0.717, 1.165) is 5.56 Å². The number of rotatable bonds is 6. The van der Waals surface area contributed by atoms with Gasteiger partial charge in [0.15, 0.2) is 0 Å². The Morgan fingerprint density at radius 2 is 2.00 bits per heavy atom. The first-order chi connectivity index (χ1) is 8.63. The molecule has 0 radical (unpaired) electrons. The van der Waals surface area contributed by atoms with Crippen molar-refractivity contribution in [2.24, 2.45) is 5.92 Å². The SMILES string of the molecule is CC(C)CNC(=O)N(CCO)Cc1ccccc1. The largest absolute Gasteiger partial charge is 0.395 e. The number of aliphatic hydroxyl groups excluding tert-OH is 1. The van der Waals surface area contributed by atoms with E-state index in [4.69, 9.17) is 5.11 Å². The first-order valence-electron chi connectivity index (χ1n) is 6.31. The summed E-state index contributed by atoms with van der Waals surface area (Å²) in [5.74, 6) is 0.418. The second kappa shape index (κ2) is 7.71. The maximum Gasteiger partial charge on any atom is 0.317 e. The Labute approximate surface area is 109 Å². The van der Waals surface area contributed by atoms with Crippen LogP contribution in [0, 0.1) is 5.92 Å². The van der Waals surface area contributed by atoms with E-state index < -0.39 is 0 Å². The van der Waals surface area contributed by atoms with Crippen molar-refractivity contribution in [1.29, 1.82) is 0 Å². The van der Waals surface area contributed by atoms with Gasteiger partial charge >= 0.3 is 6.03 Å². The Morgan fingerprint density at radius 3 is 2.56 bits per heavy atom. The number of aliphatic hydroxyl groups is 1. The minimum atomic E-state index is -0.124. The van der Waals surface area contributed by atoms with Crippen LogP contribution >= 0.6 is 0 Å². The van der Waals surface area contributed by atoms with Crippen molar-refractivity contribution >= 4 is 6.03 Å². The fourth-order valence-electron chi connectivity index (χ4n) is 1.58. The summed E-state index contributed by atoms with van der Waals surface area (Å²) in [4.78, 5) is 13.6. The van der Waals surface area contributed by atoms with Gasteiger partial charge < -0.3 is 15.3 Å². The summed E-state index contributed by atoms with van der Waals surface area (Å²) in [6.45, 7) is 5.59. The molecule has 0 heterocycles. The van der Waals surface area contributed by atoms with E-state index in [9.17, 15) is 4.79 Å². The first kappa shape index (κ1) is 14.5. The molecule has 0 atom stereocenters.